The highest BCUT2D eigenvalue weighted by molar-refractivity contribution is 6.01. The Hall–Kier alpha value is -3.31. The maximum atomic E-state index is 14.1. The fraction of sp³-hybridized carbons (Fsp3) is 0.567. The van der Waals surface area contributed by atoms with Crippen LogP contribution in [-0.2, 0) is 20.8 Å². The lowest BCUT2D eigenvalue weighted by Gasteiger charge is -2.37. The Morgan fingerprint density at radius 3 is 2.20 bits per heavy atom. The summed E-state index contributed by atoms with van der Waals surface area (Å²) >= 11 is 0. The van der Waals surface area contributed by atoms with E-state index in [1.165, 1.54) is 18.2 Å². The summed E-state index contributed by atoms with van der Waals surface area (Å²) in [4.78, 5) is 41.5. The van der Waals surface area contributed by atoms with E-state index in [-0.39, 0.29) is 54.0 Å². The third-order valence-electron chi connectivity index (χ3n) is 6.77. The summed E-state index contributed by atoms with van der Waals surface area (Å²) in [5.74, 6) is -2.49. The molecule has 2 rings (SSSR count). The summed E-state index contributed by atoms with van der Waals surface area (Å²) in [5.41, 5.74) is 6.31. The van der Waals surface area contributed by atoms with Gasteiger partial charge < -0.3 is 31.3 Å². The lowest BCUT2D eigenvalue weighted by molar-refractivity contribution is -0.127. The van der Waals surface area contributed by atoms with Crippen molar-refractivity contribution in [2.45, 2.75) is 72.1 Å². The molecule has 0 saturated carbocycles. The summed E-state index contributed by atoms with van der Waals surface area (Å²) in [6, 6.07) is 1.66. The first kappa shape index (κ1) is 33.9. The van der Waals surface area contributed by atoms with E-state index < -0.39 is 35.7 Å². The molecule has 0 aliphatic carbocycles. The predicted molar refractivity (Wildman–Crippen MR) is 154 cm³/mol. The van der Waals surface area contributed by atoms with Crippen LogP contribution in [0.15, 0.2) is 41.6 Å². The van der Waals surface area contributed by atoms with Crippen LogP contribution in [0.1, 0.15) is 53.0 Å². The Kier molecular flexibility index (Phi) is 13.4. The van der Waals surface area contributed by atoms with Crippen LogP contribution in [0.5, 0.6) is 0 Å². The lowest BCUT2D eigenvalue weighted by Crippen LogP contribution is -2.52. The van der Waals surface area contributed by atoms with Crippen LogP contribution >= 0.6 is 0 Å². The van der Waals surface area contributed by atoms with E-state index in [4.69, 9.17) is 5.73 Å². The van der Waals surface area contributed by atoms with E-state index in [0.29, 0.717) is 19.6 Å². The first-order valence-corrected chi connectivity index (χ1v) is 14.3. The van der Waals surface area contributed by atoms with Gasteiger partial charge >= 0.3 is 0 Å². The van der Waals surface area contributed by atoms with Gasteiger partial charge in [0.15, 0.2) is 0 Å². The van der Waals surface area contributed by atoms with Crippen molar-refractivity contribution in [1.29, 1.82) is 0 Å². The molecule has 5 N–H and O–H groups in total. The van der Waals surface area contributed by atoms with E-state index in [1.54, 1.807) is 22.9 Å². The van der Waals surface area contributed by atoms with Crippen molar-refractivity contribution in [2.24, 2.45) is 11.7 Å². The molecule has 0 bridgehead atoms. The number of rotatable bonds is 16. The molecule has 0 saturated heterocycles. The number of nitrogens with one attached hydrogen (secondary N) is 2. The van der Waals surface area contributed by atoms with E-state index >= 15 is 0 Å². The summed E-state index contributed by atoms with van der Waals surface area (Å²) in [6.07, 6.45) is 3.35. The van der Waals surface area contributed by atoms with Crippen molar-refractivity contribution < 1.29 is 28.3 Å². The van der Waals surface area contributed by atoms with Crippen LogP contribution < -0.4 is 16.4 Å². The zero-order valence-corrected chi connectivity index (χ0v) is 24.8. The second kappa shape index (κ2) is 16.2. The van der Waals surface area contributed by atoms with Gasteiger partial charge in [-0.2, -0.15) is 0 Å². The molecule has 9 nitrogen and oxygen atoms in total. The highest BCUT2D eigenvalue weighted by atomic mass is 19.1. The van der Waals surface area contributed by atoms with Gasteiger partial charge in [-0.1, -0.05) is 27.7 Å². The number of nitrogens with zero attached hydrogens (tertiary/aromatic N) is 2. The van der Waals surface area contributed by atoms with Crippen molar-refractivity contribution in [3.8, 4) is 0 Å². The molecule has 1 aliphatic heterocycles. The predicted octanol–water partition coefficient (Wildman–Crippen LogP) is 2.25. The highest BCUT2D eigenvalue weighted by Gasteiger charge is 2.31. The molecule has 1 aromatic carbocycles. The average Bonchev–Trinajstić information content (AvgIpc) is 2.91. The van der Waals surface area contributed by atoms with Crippen molar-refractivity contribution in [3.05, 3.63) is 58.8 Å². The van der Waals surface area contributed by atoms with Gasteiger partial charge in [0, 0.05) is 50.6 Å². The molecular formula is C30H45F2N5O4. The Morgan fingerprint density at radius 2 is 1.66 bits per heavy atom. The number of amides is 3. The molecule has 1 heterocycles. The van der Waals surface area contributed by atoms with Gasteiger partial charge in [0.25, 0.3) is 5.91 Å². The first-order valence-electron chi connectivity index (χ1n) is 14.3. The van der Waals surface area contributed by atoms with Gasteiger partial charge in [-0.25, -0.2) is 8.78 Å². The minimum absolute atomic E-state index is 0.0108. The Balaban J connectivity index is 2.41. The summed E-state index contributed by atoms with van der Waals surface area (Å²) < 4.78 is 28.1. The molecule has 11 heteroatoms. The fourth-order valence-electron chi connectivity index (χ4n) is 4.64. The molecule has 0 spiro atoms. The smallest absolute Gasteiger partial charge is 0.255 e. The number of nitrogens with two attached hydrogens (primary N) is 1. The van der Waals surface area contributed by atoms with Crippen LogP contribution in [0.4, 0.5) is 8.78 Å². The van der Waals surface area contributed by atoms with Gasteiger partial charge in [-0.15, -0.1) is 0 Å². The van der Waals surface area contributed by atoms with E-state index in [0.717, 1.165) is 18.9 Å². The minimum atomic E-state index is -1.16. The monoisotopic (exact) mass is 577 g/mol. The number of halogens is 2. The maximum absolute atomic E-state index is 14.1. The van der Waals surface area contributed by atoms with Gasteiger partial charge in [-0.3, -0.25) is 14.4 Å². The number of hydrogen-bond acceptors (Lipinski definition) is 6. The summed E-state index contributed by atoms with van der Waals surface area (Å²) in [7, 11) is 0. The van der Waals surface area contributed by atoms with Crippen LogP contribution in [0.3, 0.4) is 0 Å². The number of aliphatic hydroxyl groups excluding tert-OH is 1. The lowest BCUT2D eigenvalue weighted by atomic mass is 9.96. The molecule has 0 unspecified atom stereocenters. The third-order valence-corrected chi connectivity index (χ3v) is 6.77. The van der Waals surface area contributed by atoms with Crippen molar-refractivity contribution in [2.75, 3.05) is 32.7 Å². The first-order chi connectivity index (χ1) is 19.4. The highest BCUT2D eigenvalue weighted by Crippen LogP contribution is 2.23. The molecular weight excluding hydrogens is 532 g/mol. The van der Waals surface area contributed by atoms with Crippen molar-refractivity contribution in [3.63, 3.8) is 0 Å². The minimum Gasteiger partial charge on any atom is -0.390 e. The van der Waals surface area contributed by atoms with Crippen LogP contribution in [0.2, 0.25) is 0 Å². The quantitative estimate of drug-likeness (QED) is 0.239. The van der Waals surface area contributed by atoms with Gasteiger partial charge in [0.05, 0.1) is 23.8 Å². The van der Waals surface area contributed by atoms with Crippen molar-refractivity contribution >= 4 is 17.7 Å². The number of hydrogen-bond donors (Lipinski definition) is 4. The van der Waals surface area contributed by atoms with Gasteiger partial charge in [0.1, 0.15) is 11.6 Å². The average molecular weight is 578 g/mol. The normalized spacial score (nSPS) is 15.6. The topological polar surface area (TPSA) is 128 Å². The molecule has 3 atom stereocenters. The van der Waals surface area contributed by atoms with Gasteiger partial charge in [-0.05, 0) is 55.9 Å². The fourth-order valence-corrected chi connectivity index (χ4v) is 4.64. The summed E-state index contributed by atoms with van der Waals surface area (Å²) in [6.45, 7) is 11.0. The molecule has 0 aromatic heterocycles. The van der Waals surface area contributed by atoms with E-state index in [2.05, 4.69) is 10.6 Å². The summed E-state index contributed by atoms with van der Waals surface area (Å²) in [5, 5.41) is 17.2. The molecule has 41 heavy (non-hydrogen) atoms. The molecule has 1 aromatic rings. The van der Waals surface area contributed by atoms with Crippen LogP contribution in [0.25, 0.3) is 0 Å². The second-order valence-electron chi connectivity index (χ2n) is 11.0. The molecule has 0 fully saturated rings. The number of benzene rings is 1. The Labute approximate surface area is 241 Å². The molecule has 1 aliphatic rings. The Morgan fingerprint density at radius 1 is 1.05 bits per heavy atom. The number of carbonyl (C=O) groups excluding carboxylic acids is 3. The third kappa shape index (κ3) is 10.6. The second-order valence-corrected chi connectivity index (χ2v) is 11.0. The van der Waals surface area contributed by atoms with Gasteiger partial charge in [0.2, 0.25) is 11.8 Å². The molecule has 228 valence electrons. The SMILES string of the molecule is CCCN(CCC)C(=O)C1=CN([C@@H](Cc2cc(F)cc(F)c2)[C@H](O)CN[C@@H](C)C(=O)NCC(C)C)CC(C(N)=O)=C1. The maximum Gasteiger partial charge on any atom is 0.255 e. The molecule has 3 amide bonds. The van der Waals surface area contributed by atoms with Crippen LogP contribution in [-0.4, -0.2) is 83.5 Å². The van der Waals surface area contributed by atoms with E-state index in [9.17, 15) is 28.3 Å². The zero-order valence-electron chi connectivity index (χ0n) is 24.8. The zero-order chi connectivity index (χ0) is 30.7. The van der Waals surface area contributed by atoms with E-state index in [1.807, 2.05) is 27.7 Å². The standard InChI is InChI=1S/C30H45F2N5O4/c1-6-8-36(9-7-2)30(41)23-13-22(28(33)39)17-37(18-23)26(12-21-10-24(31)14-25(32)11-21)27(38)16-34-20(5)29(40)35-15-19(3)4/h10-11,13-14,18-20,26-27,34,38H,6-9,12,15-17H2,1-5H3,(H2,33,39)(H,35,40)/t20-,26-,27+/m0/s1. The number of carbonyl (C=O) groups is 3. The Bertz CT molecular complexity index is 1100. The largest absolute Gasteiger partial charge is 0.390 e. The van der Waals surface area contributed by atoms with Crippen LogP contribution in [0, 0.1) is 17.6 Å². The molecule has 0 radical (unpaired) electrons. The van der Waals surface area contributed by atoms with Crippen molar-refractivity contribution in [1.82, 2.24) is 20.4 Å². The number of primary amides is 1. The number of aliphatic hydroxyl groups is 1.